The van der Waals surface area contributed by atoms with Crippen molar-refractivity contribution in [1.29, 1.82) is 5.26 Å². The fraction of sp³-hybridized carbons (Fsp3) is 0.533. The zero-order valence-electron chi connectivity index (χ0n) is 11.4. The Balaban J connectivity index is 1.83. The molecule has 1 aromatic carbocycles. The van der Waals surface area contributed by atoms with E-state index in [1.54, 1.807) is 0 Å². The number of nitrogens with one attached hydrogen (secondary N) is 1. The van der Waals surface area contributed by atoms with E-state index in [2.05, 4.69) is 16.3 Å². The summed E-state index contributed by atoms with van der Waals surface area (Å²) in [7, 11) is 0. The van der Waals surface area contributed by atoms with Gasteiger partial charge >= 0.3 is 0 Å². The summed E-state index contributed by atoms with van der Waals surface area (Å²) in [6.07, 6.45) is 0. The third-order valence-electron chi connectivity index (χ3n) is 3.51. The number of hydrogen-bond acceptors (Lipinski definition) is 4. The van der Waals surface area contributed by atoms with Crippen molar-refractivity contribution in [2.24, 2.45) is 0 Å². The lowest BCUT2D eigenvalue weighted by molar-refractivity contribution is 0.0383. The van der Waals surface area contributed by atoms with Crippen molar-refractivity contribution < 1.29 is 4.74 Å². The molecule has 1 heterocycles. The molecular formula is C15H21N3O. The molecule has 4 heteroatoms. The first-order valence-electron chi connectivity index (χ1n) is 6.80. The van der Waals surface area contributed by atoms with Crippen molar-refractivity contribution in [1.82, 2.24) is 10.2 Å². The first-order chi connectivity index (χ1) is 9.31. The minimum Gasteiger partial charge on any atom is -0.379 e. The van der Waals surface area contributed by atoms with E-state index in [1.165, 1.54) is 0 Å². The standard InChI is InChI=1S/C15H21N3O/c1-13-4-2-3-5-14(13)15(12-16)17-6-7-18-8-10-19-11-9-18/h2-5,15,17H,6-11H2,1H3. The second-order valence-electron chi connectivity index (χ2n) is 4.83. The Morgan fingerprint density at radius 1 is 1.37 bits per heavy atom. The highest BCUT2D eigenvalue weighted by molar-refractivity contribution is 5.32. The van der Waals surface area contributed by atoms with Gasteiger partial charge in [0.25, 0.3) is 0 Å². The molecule has 1 saturated heterocycles. The Labute approximate surface area is 115 Å². The van der Waals surface area contributed by atoms with E-state index in [4.69, 9.17) is 4.74 Å². The molecule has 1 aliphatic rings. The minimum atomic E-state index is -0.220. The van der Waals surface area contributed by atoms with E-state index < -0.39 is 0 Å². The molecule has 2 rings (SSSR count). The molecule has 1 N–H and O–H groups in total. The van der Waals surface area contributed by atoms with Crippen LogP contribution in [0.1, 0.15) is 17.2 Å². The molecular weight excluding hydrogens is 238 g/mol. The maximum atomic E-state index is 9.29. The Hall–Kier alpha value is -1.41. The third-order valence-corrected chi connectivity index (χ3v) is 3.51. The lowest BCUT2D eigenvalue weighted by Gasteiger charge is -2.27. The maximum Gasteiger partial charge on any atom is 0.121 e. The van der Waals surface area contributed by atoms with Gasteiger partial charge in [0, 0.05) is 26.2 Å². The fourth-order valence-corrected chi connectivity index (χ4v) is 2.33. The minimum absolute atomic E-state index is 0.220. The Kier molecular flexibility index (Phi) is 5.34. The van der Waals surface area contributed by atoms with E-state index in [1.807, 2.05) is 31.2 Å². The van der Waals surface area contributed by atoms with Gasteiger partial charge in [-0.25, -0.2) is 0 Å². The lowest BCUT2D eigenvalue weighted by atomic mass is 10.0. The molecule has 4 nitrogen and oxygen atoms in total. The predicted octanol–water partition coefficient (Wildman–Crippen LogP) is 1.48. The summed E-state index contributed by atoms with van der Waals surface area (Å²) in [5.74, 6) is 0. The Morgan fingerprint density at radius 3 is 2.79 bits per heavy atom. The molecule has 0 spiro atoms. The molecule has 1 atom stereocenters. The van der Waals surface area contributed by atoms with Gasteiger partial charge in [-0.05, 0) is 18.1 Å². The normalized spacial score (nSPS) is 17.9. The monoisotopic (exact) mass is 259 g/mol. The molecule has 0 aromatic heterocycles. The van der Waals surface area contributed by atoms with E-state index in [-0.39, 0.29) is 6.04 Å². The average Bonchev–Trinajstić information content (AvgIpc) is 2.46. The summed E-state index contributed by atoms with van der Waals surface area (Å²) in [6.45, 7) is 7.45. The van der Waals surface area contributed by atoms with Crippen molar-refractivity contribution in [3.05, 3.63) is 35.4 Å². The van der Waals surface area contributed by atoms with Gasteiger partial charge in [0.2, 0.25) is 0 Å². The largest absolute Gasteiger partial charge is 0.379 e. The summed E-state index contributed by atoms with van der Waals surface area (Å²) in [5, 5.41) is 12.6. The highest BCUT2D eigenvalue weighted by Crippen LogP contribution is 2.16. The van der Waals surface area contributed by atoms with E-state index in [9.17, 15) is 5.26 Å². The van der Waals surface area contributed by atoms with Crippen molar-refractivity contribution in [2.75, 3.05) is 39.4 Å². The van der Waals surface area contributed by atoms with E-state index in [0.717, 1.165) is 50.5 Å². The van der Waals surface area contributed by atoms with Crippen molar-refractivity contribution in [3.63, 3.8) is 0 Å². The second kappa shape index (κ2) is 7.25. The molecule has 1 fully saturated rings. The quantitative estimate of drug-likeness (QED) is 0.870. The summed E-state index contributed by atoms with van der Waals surface area (Å²) < 4.78 is 5.32. The van der Waals surface area contributed by atoms with Crippen LogP contribution in [-0.2, 0) is 4.74 Å². The molecule has 1 aliphatic heterocycles. The van der Waals surface area contributed by atoms with Crippen LogP contribution < -0.4 is 5.32 Å². The van der Waals surface area contributed by atoms with Crippen LogP contribution in [0.5, 0.6) is 0 Å². The van der Waals surface area contributed by atoms with E-state index >= 15 is 0 Å². The number of benzene rings is 1. The zero-order valence-corrected chi connectivity index (χ0v) is 11.4. The summed E-state index contributed by atoms with van der Waals surface area (Å²) in [4.78, 5) is 2.36. The highest BCUT2D eigenvalue weighted by Gasteiger charge is 2.13. The first kappa shape index (κ1) is 14.0. The molecule has 102 valence electrons. The van der Waals surface area contributed by atoms with Gasteiger partial charge in [-0.3, -0.25) is 10.2 Å². The first-order valence-corrected chi connectivity index (χ1v) is 6.80. The topological polar surface area (TPSA) is 48.3 Å². The van der Waals surface area contributed by atoms with E-state index in [0.29, 0.717) is 0 Å². The van der Waals surface area contributed by atoms with Gasteiger partial charge in [-0.2, -0.15) is 5.26 Å². The fourth-order valence-electron chi connectivity index (χ4n) is 2.33. The van der Waals surface area contributed by atoms with Crippen LogP contribution >= 0.6 is 0 Å². The summed E-state index contributed by atoms with van der Waals surface area (Å²) in [6, 6.07) is 10.2. The van der Waals surface area contributed by atoms with Crippen LogP contribution in [0.25, 0.3) is 0 Å². The van der Waals surface area contributed by atoms with Crippen LogP contribution in [0.2, 0.25) is 0 Å². The predicted molar refractivity (Wildman–Crippen MR) is 74.8 cm³/mol. The smallest absolute Gasteiger partial charge is 0.121 e. The van der Waals surface area contributed by atoms with Gasteiger partial charge in [0.05, 0.1) is 19.3 Å². The number of ether oxygens (including phenoxy) is 1. The van der Waals surface area contributed by atoms with Crippen LogP contribution in [-0.4, -0.2) is 44.3 Å². The van der Waals surface area contributed by atoms with Crippen LogP contribution in [0, 0.1) is 18.3 Å². The molecule has 19 heavy (non-hydrogen) atoms. The molecule has 0 amide bonds. The van der Waals surface area contributed by atoms with Crippen molar-refractivity contribution in [3.8, 4) is 6.07 Å². The molecule has 1 aromatic rings. The molecule has 0 radical (unpaired) electrons. The molecule has 0 aliphatic carbocycles. The van der Waals surface area contributed by atoms with Gasteiger partial charge < -0.3 is 4.74 Å². The van der Waals surface area contributed by atoms with Crippen molar-refractivity contribution in [2.45, 2.75) is 13.0 Å². The van der Waals surface area contributed by atoms with Gasteiger partial charge in [-0.1, -0.05) is 24.3 Å². The number of aryl methyl sites for hydroxylation is 1. The number of hydrogen-bond donors (Lipinski definition) is 1. The van der Waals surface area contributed by atoms with Gasteiger partial charge in [-0.15, -0.1) is 0 Å². The maximum absolute atomic E-state index is 9.29. The van der Waals surface area contributed by atoms with Gasteiger partial charge in [0.1, 0.15) is 6.04 Å². The second-order valence-corrected chi connectivity index (χ2v) is 4.83. The summed E-state index contributed by atoms with van der Waals surface area (Å²) in [5.41, 5.74) is 2.24. The van der Waals surface area contributed by atoms with Gasteiger partial charge in [0.15, 0.2) is 0 Å². The molecule has 1 unspecified atom stereocenters. The third kappa shape index (κ3) is 4.03. The van der Waals surface area contributed by atoms with Crippen LogP contribution in [0.3, 0.4) is 0 Å². The SMILES string of the molecule is Cc1ccccc1C(C#N)NCCN1CCOCC1. The number of nitrogens with zero attached hydrogens (tertiary/aromatic N) is 2. The van der Waals surface area contributed by atoms with Crippen molar-refractivity contribution >= 4 is 0 Å². The Morgan fingerprint density at radius 2 is 2.11 bits per heavy atom. The lowest BCUT2D eigenvalue weighted by Crippen LogP contribution is -2.40. The number of morpholine rings is 1. The molecule has 0 saturated carbocycles. The zero-order chi connectivity index (χ0) is 13.5. The number of nitriles is 1. The summed E-state index contributed by atoms with van der Waals surface area (Å²) >= 11 is 0. The highest BCUT2D eigenvalue weighted by atomic mass is 16.5. The van der Waals surface area contributed by atoms with Crippen LogP contribution in [0.4, 0.5) is 0 Å². The average molecular weight is 259 g/mol. The Bertz CT molecular complexity index is 435. The van der Waals surface area contributed by atoms with Crippen LogP contribution in [0.15, 0.2) is 24.3 Å². The number of rotatable bonds is 5. The molecule has 0 bridgehead atoms.